The van der Waals surface area contributed by atoms with Crippen LogP contribution in [0.2, 0.25) is 0 Å². The fourth-order valence-corrected chi connectivity index (χ4v) is 4.18. The second kappa shape index (κ2) is 10.4. The number of hydrogen-bond donors (Lipinski definition) is 1. The highest BCUT2D eigenvalue weighted by Gasteiger charge is 2.18. The predicted octanol–water partition coefficient (Wildman–Crippen LogP) is 3.66. The molecule has 5 aromatic rings. The molecule has 8 heteroatoms. The molecule has 0 radical (unpaired) electrons. The second-order valence-electron chi connectivity index (χ2n) is 8.57. The topological polar surface area (TPSA) is 85.0 Å². The normalized spacial score (nSPS) is 11.2. The zero-order valence-electron chi connectivity index (χ0n) is 19.9. The van der Waals surface area contributed by atoms with Crippen LogP contribution >= 0.6 is 0 Å². The van der Waals surface area contributed by atoms with Crippen LogP contribution in [0.15, 0.2) is 102 Å². The van der Waals surface area contributed by atoms with Gasteiger partial charge in [0.1, 0.15) is 12.2 Å². The molecule has 180 valence electrons. The van der Waals surface area contributed by atoms with Gasteiger partial charge in [0.05, 0.1) is 6.54 Å². The van der Waals surface area contributed by atoms with Gasteiger partial charge in [0.15, 0.2) is 11.2 Å². The predicted molar refractivity (Wildman–Crippen MR) is 139 cm³/mol. The molecule has 8 nitrogen and oxygen atoms in total. The van der Waals surface area contributed by atoms with E-state index in [-0.39, 0.29) is 18.0 Å². The van der Waals surface area contributed by atoms with Crippen LogP contribution in [0, 0.1) is 6.92 Å². The number of para-hydroxylation sites is 1. The zero-order valence-corrected chi connectivity index (χ0v) is 19.9. The lowest BCUT2D eigenvalue weighted by Crippen LogP contribution is -2.41. The van der Waals surface area contributed by atoms with Gasteiger partial charge in [0.25, 0.3) is 5.91 Å². The molecular formula is C28H26N6O2. The van der Waals surface area contributed by atoms with E-state index in [1.54, 1.807) is 17.8 Å². The van der Waals surface area contributed by atoms with E-state index >= 15 is 0 Å². The maximum atomic E-state index is 13.2. The number of nitrogens with zero attached hydrogens (tertiary/aromatic N) is 5. The van der Waals surface area contributed by atoms with E-state index in [0.29, 0.717) is 24.6 Å². The first-order chi connectivity index (χ1) is 17.6. The molecule has 0 aliphatic heterocycles. The Morgan fingerprint density at radius 1 is 0.861 bits per heavy atom. The highest BCUT2D eigenvalue weighted by Crippen LogP contribution is 2.14. The summed E-state index contributed by atoms with van der Waals surface area (Å²) >= 11 is 0. The van der Waals surface area contributed by atoms with Crippen LogP contribution in [-0.2, 0) is 17.9 Å². The Balaban J connectivity index is 1.38. The van der Waals surface area contributed by atoms with Gasteiger partial charge in [0.2, 0.25) is 0 Å². The van der Waals surface area contributed by atoms with E-state index in [4.69, 9.17) is 0 Å². The number of carbonyl (C=O) groups excluding carboxylic acids is 1. The number of benzene rings is 3. The van der Waals surface area contributed by atoms with Gasteiger partial charge in [-0.1, -0.05) is 78.9 Å². The first-order valence-corrected chi connectivity index (χ1v) is 11.7. The summed E-state index contributed by atoms with van der Waals surface area (Å²) in [5.41, 5.74) is 6.01. The summed E-state index contributed by atoms with van der Waals surface area (Å²) in [6.45, 7) is 2.98. The molecule has 36 heavy (non-hydrogen) atoms. The molecule has 1 N–H and O–H groups in total. The summed E-state index contributed by atoms with van der Waals surface area (Å²) in [7, 11) is 0. The largest absolute Gasteiger partial charge is 0.300 e. The van der Waals surface area contributed by atoms with Crippen LogP contribution < -0.4 is 11.0 Å². The van der Waals surface area contributed by atoms with E-state index in [2.05, 4.69) is 15.4 Å². The molecule has 0 aliphatic rings. The molecule has 0 spiro atoms. The van der Waals surface area contributed by atoms with Crippen molar-refractivity contribution >= 4 is 17.1 Å². The van der Waals surface area contributed by atoms with Crippen molar-refractivity contribution in [3.63, 3.8) is 0 Å². The number of carbonyl (C=O) groups is 1. The molecule has 2 heterocycles. The standard InChI is InChI=1S/C28H26N6O2/c1-21-30-27-26(29-20-33(27)24-15-9-4-10-16-24)28(36)34(21)31-25(35)19-32(17-22-11-5-2-6-12-22)18-23-13-7-3-8-14-23/h2-16,20H,17-19H2,1H3,(H,31,35). The van der Waals surface area contributed by atoms with Crippen LogP contribution in [-0.4, -0.2) is 36.6 Å². The summed E-state index contributed by atoms with van der Waals surface area (Å²) < 4.78 is 2.94. The van der Waals surface area contributed by atoms with E-state index in [9.17, 15) is 9.59 Å². The quantitative estimate of drug-likeness (QED) is 0.368. The van der Waals surface area contributed by atoms with Crippen molar-refractivity contribution in [2.45, 2.75) is 20.0 Å². The van der Waals surface area contributed by atoms with Gasteiger partial charge < -0.3 is 0 Å². The number of fused-ring (bicyclic) bond motifs is 1. The maximum Gasteiger partial charge on any atom is 0.300 e. The van der Waals surface area contributed by atoms with Crippen LogP contribution in [0.25, 0.3) is 16.9 Å². The lowest BCUT2D eigenvalue weighted by atomic mass is 10.1. The average Bonchev–Trinajstić information content (AvgIpc) is 3.32. The molecule has 2 aromatic heterocycles. The Labute approximate surface area is 208 Å². The SMILES string of the molecule is Cc1nc2c(ncn2-c2ccccc2)c(=O)n1NC(=O)CN(Cc1ccccc1)Cc1ccccc1. The van der Waals surface area contributed by atoms with Crippen LogP contribution in [0.5, 0.6) is 0 Å². The molecular weight excluding hydrogens is 452 g/mol. The number of aromatic nitrogens is 4. The molecule has 5 rings (SSSR count). The third kappa shape index (κ3) is 5.08. The van der Waals surface area contributed by atoms with Crippen molar-refractivity contribution in [3.8, 4) is 5.69 Å². The van der Waals surface area contributed by atoms with Gasteiger partial charge in [-0.2, -0.15) is 0 Å². The molecule has 0 aliphatic carbocycles. The number of amides is 1. The maximum absolute atomic E-state index is 13.2. The van der Waals surface area contributed by atoms with Gasteiger partial charge in [-0.3, -0.25) is 24.5 Å². The second-order valence-corrected chi connectivity index (χ2v) is 8.57. The van der Waals surface area contributed by atoms with Crippen molar-refractivity contribution in [3.05, 3.63) is 125 Å². The molecule has 0 fully saturated rings. The van der Waals surface area contributed by atoms with E-state index < -0.39 is 5.56 Å². The molecule has 0 saturated carbocycles. The lowest BCUT2D eigenvalue weighted by molar-refractivity contribution is -0.118. The minimum Gasteiger partial charge on any atom is -0.286 e. The number of aryl methyl sites for hydroxylation is 1. The lowest BCUT2D eigenvalue weighted by Gasteiger charge is -2.22. The average molecular weight is 479 g/mol. The fourth-order valence-electron chi connectivity index (χ4n) is 4.18. The Kier molecular flexibility index (Phi) is 6.68. The van der Waals surface area contributed by atoms with Gasteiger partial charge >= 0.3 is 5.56 Å². The van der Waals surface area contributed by atoms with Crippen LogP contribution in [0.4, 0.5) is 0 Å². The van der Waals surface area contributed by atoms with Crippen LogP contribution in [0.1, 0.15) is 17.0 Å². The van der Waals surface area contributed by atoms with Gasteiger partial charge in [-0.05, 0) is 30.2 Å². The van der Waals surface area contributed by atoms with Crippen molar-refractivity contribution in [2.24, 2.45) is 0 Å². The third-order valence-electron chi connectivity index (χ3n) is 5.88. The van der Waals surface area contributed by atoms with Crippen molar-refractivity contribution in [1.29, 1.82) is 0 Å². The first-order valence-electron chi connectivity index (χ1n) is 11.7. The monoisotopic (exact) mass is 478 g/mol. The summed E-state index contributed by atoms with van der Waals surface area (Å²) in [6, 6.07) is 29.6. The minimum atomic E-state index is -0.418. The Bertz CT molecular complexity index is 1490. The Morgan fingerprint density at radius 2 is 1.42 bits per heavy atom. The summed E-state index contributed by atoms with van der Waals surface area (Å²) in [5, 5.41) is 0. The summed E-state index contributed by atoms with van der Waals surface area (Å²) in [4.78, 5) is 37.2. The highest BCUT2D eigenvalue weighted by molar-refractivity contribution is 5.86. The summed E-state index contributed by atoms with van der Waals surface area (Å²) in [5.74, 6) is 0.0619. The van der Waals surface area contributed by atoms with Gasteiger partial charge in [-0.25, -0.2) is 14.6 Å². The molecule has 3 aromatic carbocycles. The Morgan fingerprint density at radius 3 is 2.00 bits per heavy atom. The molecule has 0 saturated heterocycles. The van der Waals surface area contributed by atoms with Crippen molar-refractivity contribution in [1.82, 2.24) is 24.1 Å². The molecule has 0 atom stereocenters. The fraction of sp³-hybridized carbons (Fsp3) is 0.143. The minimum absolute atomic E-state index is 0.103. The third-order valence-corrected chi connectivity index (χ3v) is 5.88. The Hall–Kier alpha value is -4.56. The molecule has 0 bridgehead atoms. The zero-order chi connectivity index (χ0) is 24.9. The number of imidazole rings is 1. The first kappa shape index (κ1) is 23.2. The van der Waals surface area contributed by atoms with Crippen LogP contribution in [0.3, 0.4) is 0 Å². The van der Waals surface area contributed by atoms with Crippen molar-refractivity contribution in [2.75, 3.05) is 12.0 Å². The van der Waals surface area contributed by atoms with E-state index in [1.807, 2.05) is 95.9 Å². The highest BCUT2D eigenvalue weighted by atomic mass is 16.2. The molecule has 1 amide bonds. The molecule has 0 unspecified atom stereocenters. The smallest absolute Gasteiger partial charge is 0.286 e. The number of nitrogens with one attached hydrogen (secondary N) is 1. The van der Waals surface area contributed by atoms with Gasteiger partial charge in [0, 0.05) is 18.8 Å². The number of rotatable bonds is 8. The van der Waals surface area contributed by atoms with E-state index in [0.717, 1.165) is 16.8 Å². The van der Waals surface area contributed by atoms with Gasteiger partial charge in [-0.15, -0.1) is 0 Å². The van der Waals surface area contributed by atoms with Crippen molar-refractivity contribution < 1.29 is 4.79 Å². The summed E-state index contributed by atoms with van der Waals surface area (Å²) in [6.07, 6.45) is 1.57. The number of hydrogen-bond acceptors (Lipinski definition) is 5. The van der Waals surface area contributed by atoms with E-state index in [1.165, 1.54) is 4.68 Å².